The molecule has 2 rings (SSSR count). The van der Waals surface area contributed by atoms with Crippen molar-refractivity contribution in [2.45, 2.75) is 0 Å². The van der Waals surface area contributed by atoms with E-state index in [0.717, 1.165) is 4.47 Å². The Labute approximate surface area is 93.9 Å². The first kappa shape index (κ1) is 10.2. The van der Waals surface area contributed by atoms with Crippen LogP contribution in [0.5, 0.6) is 0 Å². The Hall–Kier alpha value is -1.29. The number of benzene rings is 1. The molecule has 0 spiro atoms. The number of hydrogen-bond donors (Lipinski definition) is 0. The molecule has 1 nitrogen and oxygen atoms in total. The summed E-state index contributed by atoms with van der Waals surface area (Å²) in [5.41, 5.74) is 0.179. The minimum absolute atomic E-state index is 0.0983. The van der Waals surface area contributed by atoms with E-state index in [-0.39, 0.29) is 11.3 Å². The smallest absolute Gasteiger partial charge is 0.135 e. The second-order valence-corrected chi connectivity index (χ2v) is 3.87. The largest absolute Gasteiger partial charge is 0.256 e. The molecule has 0 saturated heterocycles. The molecule has 1 heterocycles. The first-order valence-electron chi connectivity index (χ1n) is 4.24. The summed E-state index contributed by atoms with van der Waals surface area (Å²) >= 11 is 3.22. The number of aromatic nitrogens is 1. The normalized spacial score (nSPS) is 10.3. The summed E-state index contributed by atoms with van der Waals surface area (Å²) < 4.78 is 27.5. The molecule has 0 fully saturated rings. The van der Waals surface area contributed by atoms with Crippen molar-refractivity contribution in [3.05, 3.63) is 52.6 Å². The van der Waals surface area contributed by atoms with Crippen LogP contribution in [0.25, 0.3) is 11.3 Å². The summed E-state index contributed by atoms with van der Waals surface area (Å²) in [6, 6.07) is 7.01. The van der Waals surface area contributed by atoms with Crippen molar-refractivity contribution in [1.82, 2.24) is 4.98 Å². The first-order valence-corrected chi connectivity index (χ1v) is 5.04. The van der Waals surface area contributed by atoms with Crippen LogP contribution in [0.1, 0.15) is 0 Å². The molecule has 0 radical (unpaired) electrons. The van der Waals surface area contributed by atoms with E-state index in [1.54, 1.807) is 12.1 Å². The third-order valence-electron chi connectivity index (χ3n) is 1.94. The van der Waals surface area contributed by atoms with Crippen LogP contribution in [-0.2, 0) is 0 Å². The lowest BCUT2D eigenvalue weighted by Gasteiger charge is -2.03. The quantitative estimate of drug-likeness (QED) is 0.768. The van der Waals surface area contributed by atoms with Crippen LogP contribution in [0, 0.1) is 11.6 Å². The summed E-state index contributed by atoms with van der Waals surface area (Å²) in [6.07, 6.45) is 1.49. The molecule has 2 aromatic rings. The van der Waals surface area contributed by atoms with Crippen molar-refractivity contribution in [3.63, 3.8) is 0 Å². The van der Waals surface area contributed by atoms with Gasteiger partial charge in [0.2, 0.25) is 0 Å². The molecule has 0 atom stereocenters. The van der Waals surface area contributed by atoms with Gasteiger partial charge in [0.25, 0.3) is 0 Å². The van der Waals surface area contributed by atoms with E-state index in [9.17, 15) is 8.78 Å². The molecule has 76 valence electrons. The second kappa shape index (κ2) is 4.06. The molecule has 0 aliphatic carbocycles. The predicted octanol–water partition coefficient (Wildman–Crippen LogP) is 3.79. The topological polar surface area (TPSA) is 12.9 Å². The highest BCUT2D eigenvalue weighted by Crippen LogP contribution is 2.25. The lowest BCUT2D eigenvalue weighted by atomic mass is 10.1. The third-order valence-corrected chi connectivity index (χ3v) is 2.43. The fraction of sp³-hybridized carbons (Fsp3) is 0. The van der Waals surface area contributed by atoms with Gasteiger partial charge in [0.05, 0.1) is 11.3 Å². The van der Waals surface area contributed by atoms with E-state index >= 15 is 0 Å². The third kappa shape index (κ3) is 2.04. The van der Waals surface area contributed by atoms with Gasteiger partial charge in [0, 0.05) is 10.7 Å². The molecule has 1 aromatic carbocycles. The van der Waals surface area contributed by atoms with Gasteiger partial charge in [-0.05, 0) is 24.3 Å². The van der Waals surface area contributed by atoms with E-state index < -0.39 is 11.6 Å². The van der Waals surface area contributed by atoms with Crippen molar-refractivity contribution in [2.75, 3.05) is 0 Å². The van der Waals surface area contributed by atoms with Crippen LogP contribution >= 0.6 is 15.9 Å². The van der Waals surface area contributed by atoms with E-state index in [1.165, 1.54) is 24.4 Å². The SMILES string of the molecule is Fc1cccc(F)c1-c1cc(Br)ccn1. The van der Waals surface area contributed by atoms with E-state index in [4.69, 9.17) is 0 Å². The first-order chi connectivity index (χ1) is 7.18. The highest BCUT2D eigenvalue weighted by Gasteiger charge is 2.11. The van der Waals surface area contributed by atoms with Crippen LogP contribution in [0.3, 0.4) is 0 Å². The molecule has 15 heavy (non-hydrogen) atoms. The molecule has 0 N–H and O–H groups in total. The number of halogens is 3. The van der Waals surface area contributed by atoms with Crippen molar-refractivity contribution in [2.24, 2.45) is 0 Å². The number of hydrogen-bond acceptors (Lipinski definition) is 1. The van der Waals surface area contributed by atoms with Crippen molar-refractivity contribution >= 4 is 15.9 Å². The summed E-state index contributed by atoms with van der Waals surface area (Å²) in [5, 5.41) is 0. The summed E-state index contributed by atoms with van der Waals surface area (Å²) in [6.45, 7) is 0. The van der Waals surface area contributed by atoms with E-state index in [0.29, 0.717) is 0 Å². The van der Waals surface area contributed by atoms with Gasteiger partial charge in [-0.1, -0.05) is 22.0 Å². The Balaban J connectivity index is 2.63. The maximum Gasteiger partial charge on any atom is 0.135 e. The minimum Gasteiger partial charge on any atom is -0.256 e. The monoisotopic (exact) mass is 269 g/mol. The van der Waals surface area contributed by atoms with E-state index in [2.05, 4.69) is 20.9 Å². The van der Waals surface area contributed by atoms with Crippen molar-refractivity contribution < 1.29 is 8.78 Å². The zero-order valence-corrected chi connectivity index (χ0v) is 9.13. The van der Waals surface area contributed by atoms with E-state index in [1.807, 2.05) is 0 Å². The van der Waals surface area contributed by atoms with Gasteiger partial charge in [-0.2, -0.15) is 0 Å². The molecule has 0 unspecified atom stereocenters. The molecule has 0 amide bonds. The molecule has 1 aromatic heterocycles. The van der Waals surface area contributed by atoms with Crippen molar-refractivity contribution in [3.8, 4) is 11.3 Å². The molecule has 4 heteroatoms. The van der Waals surface area contributed by atoms with Gasteiger partial charge in [-0.25, -0.2) is 8.78 Å². The molecule has 0 aliphatic rings. The summed E-state index contributed by atoms with van der Waals surface area (Å²) in [5.74, 6) is -1.22. The number of rotatable bonds is 1. The minimum atomic E-state index is -0.611. The average molecular weight is 270 g/mol. The Bertz CT molecular complexity index is 479. The fourth-order valence-electron chi connectivity index (χ4n) is 1.28. The highest BCUT2D eigenvalue weighted by molar-refractivity contribution is 9.10. The fourth-order valence-corrected chi connectivity index (χ4v) is 1.62. The van der Waals surface area contributed by atoms with Gasteiger partial charge in [-0.3, -0.25) is 4.98 Å². The maximum absolute atomic E-state index is 13.4. The molecule has 0 bridgehead atoms. The van der Waals surface area contributed by atoms with Crippen LogP contribution in [-0.4, -0.2) is 4.98 Å². The zero-order chi connectivity index (χ0) is 10.8. The molecule has 0 aliphatic heterocycles. The van der Waals surface area contributed by atoms with Crippen LogP contribution in [0.4, 0.5) is 8.78 Å². The molecular weight excluding hydrogens is 264 g/mol. The highest BCUT2D eigenvalue weighted by atomic mass is 79.9. The van der Waals surface area contributed by atoms with Crippen LogP contribution in [0.15, 0.2) is 41.0 Å². The Morgan fingerprint density at radius 2 is 1.73 bits per heavy atom. The van der Waals surface area contributed by atoms with Gasteiger partial charge in [0.15, 0.2) is 0 Å². The molecular formula is C11H6BrF2N. The lowest BCUT2D eigenvalue weighted by molar-refractivity contribution is 0.588. The van der Waals surface area contributed by atoms with Gasteiger partial charge in [0.1, 0.15) is 11.6 Å². The van der Waals surface area contributed by atoms with Gasteiger partial charge >= 0.3 is 0 Å². The van der Waals surface area contributed by atoms with Crippen molar-refractivity contribution in [1.29, 1.82) is 0 Å². The molecule has 0 saturated carbocycles. The Morgan fingerprint density at radius 3 is 2.33 bits per heavy atom. The summed E-state index contributed by atoms with van der Waals surface area (Å²) in [7, 11) is 0. The Kier molecular flexibility index (Phi) is 2.77. The predicted molar refractivity (Wildman–Crippen MR) is 57.3 cm³/mol. The zero-order valence-electron chi connectivity index (χ0n) is 7.55. The standard InChI is InChI=1S/C11H6BrF2N/c12-7-4-5-15-10(6-7)11-8(13)2-1-3-9(11)14/h1-6H. The summed E-state index contributed by atoms with van der Waals surface area (Å²) in [4.78, 5) is 3.92. The van der Waals surface area contributed by atoms with Crippen LogP contribution in [0.2, 0.25) is 0 Å². The number of nitrogens with zero attached hydrogens (tertiary/aromatic N) is 1. The maximum atomic E-state index is 13.4. The van der Waals surface area contributed by atoms with Gasteiger partial charge in [-0.15, -0.1) is 0 Å². The second-order valence-electron chi connectivity index (χ2n) is 2.96. The number of pyridine rings is 1. The Morgan fingerprint density at radius 1 is 1.07 bits per heavy atom. The van der Waals surface area contributed by atoms with Crippen LogP contribution < -0.4 is 0 Å². The average Bonchev–Trinajstić information content (AvgIpc) is 2.17. The van der Waals surface area contributed by atoms with Gasteiger partial charge < -0.3 is 0 Å². The lowest BCUT2D eigenvalue weighted by Crippen LogP contribution is -1.91.